The van der Waals surface area contributed by atoms with Crippen LogP contribution in [0.5, 0.6) is 0 Å². The van der Waals surface area contributed by atoms with Crippen LogP contribution in [0.15, 0.2) is 61.2 Å². The zero-order chi connectivity index (χ0) is 21.8. The van der Waals surface area contributed by atoms with E-state index in [-0.39, 0.29) is 24.4 Å². The monoisotopic (exact) mass is 419 g/mol. The Bertz CT molecular complexity index is 1210. The highest BCUT2D eigenvalue weighted by atomic mass is 19.1. The van der Waals surface area contributed by atoms with Gasteiger partial charge in [0.1, 0.15) is 5.82 Å². The van der Waals surface area contributed by atoms with Gasteiger partial charge in [-0.3, -0.25) is 14.8 Å². The number of benzene rings is 1. The number of carbonyl (C=O) groups is 1. The lowest BCUT2D eigenvalue weighted by Gasteiger charge is -2.19. The molecule has 2 N–H and O–H groups in total. The minimum Gasteiger partial charge on any atom is -0.390 e. The molecular formula is C23H22FN5O2. The molecule has 1 atom stereocenters. The summed E-state index contributed by atoms with van der Waals surface area (Å²) in [6, 6.07) is 9.36. The Labute approximate surface area is 178 Å². The molecule has 0 aliphatic rings. The van der Waals surface area contributed by atoms with E-state index in [0.29, 0.717) is 27.8 Å². The number of fused-ring (bicyclic) bond motifs is 1. The standard InChI is InChI=1S/C23H22FN5O2/c1-2-3-21(15-8-9-26-17(10-15)14-30)28-23(31)20-11-25-13-22-19(20)12-27-29(22)18-6-4-16(24)5-7-18/h4-13,21,30H,2-3,14H2,1H3,(H,28,31). The Balaban J connectivity index is 1.66. The number of nitrogens with one attached hydrogen (secondary N) is 1. The fourth-order valence-electron chi connectivity index (χ4n) is 3.56. The predicted molar refractivity (Wildman–Crippen MR) is 114 cm³/mol. The lowest BCUT2D eigenvalue weighted by molar-refractivity contribution is 0.0935. The van der Waals surface area contributed by atoms with E-state index in [9.17, 15) is 14.3 Å². The van der Waals surface area contributed by atoms with Gasteiger partial charge in [0.2, 0.25) is 0 Å². The summed E-state index contributed by atoms with van der Waals surface area (Å²) < 4.78 is 14.9. The summed E-state index contributed by atoms with van der Waals surface area (Å²) >= 11 is 0. The molecule has 1 aromatic carbocycles. The van der Waals surface area contributed by atoms with E-state index in [0.717, 1.165) is 18.4 Å². The smallest absolute Gasteiger partial charge is 0.254 e. The molecule has 1 unspecified atom stereocenters. The molecule has 0 spiro atoms. The normalized spacial score (nSPS) is 12.1. The summed E-state index contributed by atoms with van der Waals surface area (Å²) in [6.45, 7) is 1.88. The van der Waals surface area contributed by atoms with Gasteiger partial charge in [-0.1, -0.05) is 13.3 Å². The predicted octanol–water partition coefficient (Wildman–Crippen LogP) is 3.72. The molecule has 31 heavy (non-hydrogen) atoms. The summed E-state index contributed by atoms with van der Waals surface area (Å²) in [6.07, 6.45) is 7.99. The van der Waals surface area contributed by atoms with E-state index in [1.807, 2.05) is 13.0 Å². The van der Waals surface area contributed by atoms with Crippen molar-refractivity contribution in [2.45, 2.75) is 32.4 Å². The maximum atomic E-state index is 13.3. The summed E-state index contributed by atoms with van der Waals surface area (Å²) in [5, 5.41) is 17.5. The number of pyridine rings is 2. The van der Waals surface area contributed by atoms with Gasteiger partial charge in [0.15, 0.2) is 0 Å². The first-order valence-electron chi connectivity index (χ1n) is 10.0. The molecule has 8 heteroatoms. The second kappa shape index (κ2) is 9.01. The zero-order valence-corrected chi connectivity index (χ0v) is 17.0. The summed E-state index contributed by atoms with van der Waals surface area (Å²) in [5.74, 6) is -0.599. The van der Waals surface area contributed by atoms with E-state index in [4.69, 9.17) is 0 Å². The Hall–Kier alpha value is -3.65. The number of rotatable bonds is 7. The maximum absolute atomic E-state index is 13.3. The molecule has 0 fully saturated rings. The van der Waals surface area contributed by atoms with Crippen LogP contribution in [-0.4, -0.2) is 30.8 Å². The lowest BCUT2D eigenvalue weighted by Crippen LogP contribution is -2.29. The van der Waals surface area contributed by atoms with Gasteiger partial charge in [0.25, 0.3) is 5.91 Å². The van der Waals surface area contributed by atoms with E-state index in [1.54, 1.807) is 41.5 Å². The minimum atomic E-state index is -0.333. The summed E-state index contributed by atoms with van der Waals surface area (Å²) in [5.41, 5.74) is 3.17. The van der Waals surface area contributed by atoms with Crippen LogP contribution in [0.25, 0.3) is 16.6 Å². The van der Waals surface area contributed by atoms with Crippen LogP contribution in [0.2, 0.25) is 0 Å². The van der Waals surface area contributed by atoms with Crippen molar-refractivity contribution >= 4 is 16.8 Å². The summed E-state index contributed by atoms with van der Waals surface area (Å²) in [4.78, 5) is 21.5. The van der Waals surface area contributed by atoms with Crippen molar-refractivity contribution < 1.29 is 14.3 Å². The van der Waals surface area contributed by atoms with Gasteiger partial charge in [-0.25, -0.2) is 9.07 Å². The number of aliphatic hydroxyl groups is 1. The Morgan fingerprint density at radius 2 is 2.00 bits per heavy atom. The third kappa shape index (κ3) is 4.29. The molecular weight excluding hydrogens is 397 g/mol. The van der Waals surface area contributed by atoms with E-state index < -0.39 is 0 Å². The highest BCUT2D eigenvalue weighted by molar-refractivity contribution is 6.06. The van der Waals surface area contributed by atoms with Crippen LogP contribution >= 0.6 is 0 Å². The quantitative estimate of drug-likeness (QED) is 0.476. The molecule has 3 aromatic heterocycles. The second-order valence-corrected chi connectivity index (χ2v) is 7.21. The number of aromatic nitrogens is 4. The van der Waals surface area contributed by atoms with Crippen molar-refractivity contribution in [3.8, 4) is 5.69 Å². The number of amides is 1. The number of hydrogen-bond donors (Lipinski definition) is 2. The van der Waals surface area contributed by atoms with Crippen molar-refractivity contribution in [2.75, 3.05) is 0 Å². The van der Waals surface area contributed by atoms with E-state index >= 15 is 0 Å². The average Bonchev–Trinajstić information content (AvgIpc) is 3.23. The van der Waals surface area contributed by atoms with Crippen LogP contribution in [0.3, 0.4) is 0 Å². The molecule has 3 heterocycles. The van der Waals surface area contributed by atoms with E-state index in [2.05, 4.69) is 20.4 Å². The van der Waals surface area contributed by atoms with Gasteiger partial charge in [-0.2, -0.15) is 5.10 Å². The third-order valence-corrected chi connectivity index (χ3v) is 5.10. The topological polar surface area (TPSA) is 92.9 Å². The SMILES string of the molecule is CCCC(NC(=O)c1cncc2c1cnn2-c1ccc(F)cc1)c1ccnc(CO)c1. The Morgan fingerprint density at radius 1 is 1.19 bits per heavy atom. The molecule has 0 aliphatic heterocycles. The molecule has 7 nitrogen and oxygen atoms in total. The molecule has 158 valence electrons. The molecule has 4 rings (SSSR count). The number of nitrogens with zero attached hydrogens (tertiary/aromatic N) is 4. The van der Waals surface area contributed by atoms with Crippen LogP contribution < -0.4 is 5.32 Å². The number of aliphatic hydroxyl groups excluding tert-OH is 1. The van der Waals surface area contributed by atoms with Gasteiger partial charge in [0, 0.05) is 17.8 Å². The maximum Gasteiger partial charge on any atom is 0.254 e. The fraction of sp³-hybridized carbons (Fsp3) is 0.217. The minimum absolute atomic E-state index is 0.160. The van der Waals surface area contributed by atoms with Gasteiger partial charge >= 0.3 is 0 Å². The molecule has 0 aliphatic carbocycles. The van der Waals surface area contributed by atoms with Crippen LogP contribution in [0.1, 0.15) is 47.4 Å². The van der Waals surface area contributed by atoms with Crippen molar-refractivity contribution in [2.24, 2.45) is 0 Å². The van der Waals surface area contributed by atoms with Crippen LogP contribution in [0, 0.1) is 5.82 Å². The number of hydrogen-bond acceptors (Lipinski definition) is 5. The first-order chi connectivity index (χ1) is 15.1. The highest BCUT2D eigenvalue weighted by Crippen LogP contribution is 2.24. The lowest BCUT2D eigenvalue weighted by atomic mass is 10.0. The molecule has 0 saturated carbocycles. The van der Waals surface area contributed by atoms with Crippen molar-refractivity contribution in [1.82, 2.24) is 25.1 Å². The first-order valence-corrected chi connectivity index (χ1v) is 10.0. The van der Waals surface area contributed by atoms with Gasteiger partial charge in [0.05, 0.1) is 47.5 Å². The molecule has 0 bridgehead atoms. The van der Waals surface area contributed by atoms with Crippen LogP contribution in [-0.2, 0) is 6.61 Å². The van der Waals surface area contributed by atoms with Crippen molar-refractivity contribution in [1.29, 1.82) is 0 Å². The fourth-order valence-corrected chi connectivity index (χ4v) is 3.56. The number of halogens is 1. The second-order valence-electron chi connectivity index (χ2n) is 7.21. The molecule has 0 radical (unpaired) electrons. The molecule has 0 saturated heterocycles. The van der Waals surface area contributed by atoms with Gasteiger partial charge in [-0.15, -0.1) is 0 Å². The van der Waals surface area contributed by atoms with E-state index in [1.165, 1.54) is 18.3 Å². The first kappa shape index (κ1) is 20.6. The Morgan fingerprint density at radius 3 is 2.74 bits per heavy atom. The third-order valence-electron chi connectivity index (χ3n) is 5.10. The van der Waals surface area contributed by atoms with Crippen molar-refractivity contribution in [3.63, 3.8) is 0 Å². The Kier molecular flexibility index (Phi) is 5.99. The van der Waals surface area contributed by atoms with Gasteiger partial charge in [-0.05, 0) is 48.4 Å². The van der Waals surface area contributed by atoms with Crippen LogP contribution in [0.4, 0.5) is 4.39 Å². The molecule has 1 amide bonds. The highest BCUT2D eigenvalue weighted by Gasteiger charge is 2.19. The van der Waals surface area contributed by atoms with Crippen molar-refractivity contribution in [3.05, 3.63) is 83.8 Å². The average molecular weight is 419 g/mol. The zero-order valence-electron chi connectivity index (χ0n) is 17.0. The largest absolute Gasteiger partial charge is 0.390 e. The van der Waals surface area contributed by atoms with Gasteiger partial charge < -0.3 is 10.4 Å². The summed E-state index contributed by atoms with van der Waals surface area (Å²) in [7, 11) is 0. The number of carbonyl (C=O) groups excluding carboxylic acids is 1. The molecule has 4 aromatic rings.